The largest absolute Gasteiger partial charge is 0.401 e. The van der Waals surface area contributed by atoms with Gasteiger partial charge in [0.25, 0.3) is 0 Å². The van der Waals surface area contributed by atoms with Gasteiger partial charge in [-0.15, -0.1) is 0 Å². The molecule has 0 amide bonds. The number of thiocarbonyl (C=S) groups is 1. The zero-order chi connectivity index (χ0) is 11.4. The van der Waals surface area contributed by atoms with E-state index in [4.69, 9.17) is 5.73 Å². The lowest BCUT2D eigenvalue weighted by atomic mass is 10.3. The van der Waals surface area contributed by atoms with Gasteiger partial charge in [-0.3, -0.25) is 4.90 Å². The molecule has 14 heavy (non-hydrogen) atoms. The summed E-state index contributed by atoms with van der Waals surface area (Å²) < 4.78 is 36.3. The SMILES string of the molecule is CC(C)N(CCC(N)=S)CC(F)(F)F. The molecule has 0 radical (unpaired) electrons. The molecule has 0 bridgehead atoms. The third kappa shape index (κ3) is 7.08. The summed E-state index contributed by atoms with van der Waals surface area (Å²) in [5.74, 6) is 0. The van der Waals surface area contributed by atoms with E-state index in [0.717, 1.165) is 0 Å². The van der Waals surface area contributed by atoms with Crippen molar-refractivity contribution in [2.24, 2.45) is 5.73 Å². The van der Waals surface area contributed by atoms with Crippen LogP contribution in [0.4, 0.5) is 13.2 Å². The third-order valence-electron chi connectivity index (χ3n) is 1.76. The molecule has 0 spiro atoms. The summed E-state index contributed by atoms with van der Waals surface area (Å²) in [6, 6.07) is -0.161. The van der Waals surface area contributed by atoms with Crippen molar-refractivity contribution in [1.82, 2.24) is 4.90 Å². The highest BCUT2D eigenvalue weighted by Crippen LogP contribution is 2.18. The van der Waals surface area contributed by atoms with E-state index in [1.807, 2.05) is 0 Å². The summed E-state index contributed by atoms with van der Waals surface area (Å²) in [6.45, 7) is 2.77. The molecule has 0 saturated heterocycles. The topological polar surface area (TPSA) is 29.3 Å². The minimum atomic E-state index is -4.17. The van der Waals surface area contributed by atoms with Crippen LogP contribution >= 0.6 is 12.2 Å². The van der Waals surface area contributed by atoms with Crippen molar-refractivity contribution in [2.45, 2.75) is 32.5 Å². The molecule has 0 aliphatic carbocycles. The summed E-state index contributed by atoms with van der Waals surface area (Å²) in [5, 5.41) is 0. The minimum absolute atomic E-state index is 0.161. The summed E-state index contributed by atoms with van der Waals surface area (Å²) in [6.07, 6.45) is -3.84. The summed E-state index contributed by atoms with van der Waals surface area (Å²) in [4.78, 5) is 1.55. The van der Waals surface area contributed by atoms with Gasteiger partial charge in [-0.1, -0.05) is 12.2 Å². The second kappa shape index (κ2) is 5.50. The Morgan fingerprint density at radius 1 is 1.43 bits per heavy atom. The molecule has 0 saturated carbocycles. The first-order chi connectivity index (χ1) is 6.22. The van der Waals surface area contributed by atoms with Gasteiger partial charge in [0, 0.05) is 19.0 Å². The van der Waals surface area contributed by atoms with E-state index in [2.05, 4.69) is 12.2 Å². The lowest BCUT2D eigenvalue weighted by Crippen LogP contribution is -2.40. The van der Waals surface area contributed by atoms with Gasteiger partial charge in [-0.05, 0) is 13.8 Å². The first-order valence-electron chi connectivity index (χ1n) is 4.31. The first kappa shape index (κ1) is 13.6. The smallest absolute Gasteiger partial charge is 0.393 e. The van der Waals surface area contributed by atoms with E-state index >= 15 is 0 Å². The van der Waals surface area contributed by atoms with E-state index in [0.29, 0.717) is 6.42 Å². The highest BCUT2D eigenvalue weighted by Gasteiger charge is 2.31. The molecule has 0 heterocycles. The molecule has 84 valence electrons. The zero-order valence-corrected chi connectivity index (χ0v) is 9.08. The maximum absolute atomic E-state index is 12.1. The fourth-order valence-electron chi connectivity index (χ4n) is 1.00. The van der Waals surface area contributed by atoms with Crippen LogP contribution in [0.3, 0.4) is 0 Å². The van der Waals surface area contributed by atoms with Gasteiger partial charge >= 0.3 is 6.18 Å². The molecule has 0 fully saturated rings. The number of nitrogens with two attached hydrogens (primary N) is 1. The first-order valence-corrected chi connectivity index (χ1v) is 4.72. The molecule has 0 atom stereocenters. The third-order valence-corrected chi connectivity index (χ3v) is 1.96. The molecule has 0 aromatic heterocycles. The van der Waals surface area contributed by atoms with Crippen LogP contribution < -0.4 is 5.73 Å². The fraction of sp³-hybridized carbons (Fsp3) is 0.875. The second-order valence-corrected chi connectivity index (χ2v) is 3.92. The number of halogens is 3. The standard InChI is InChI=1S/C8H15F3N2S/c1-6(2)13(4-3-7(12)14)5-8(9,10)11/h6H,3-5H2,1-2H3,(H2,12,14). The molecule has 0 unspecified atom stereocenters. The zero-order valence-electron chi connectivity index (χ0n) is 8.27. The molecule has 6 heteroatoms. The molecule has 0 rings (SSSR count). The average Bonchev–Trinajstić information content (AvgIpc) is 1.94. The Bertz CT molecular complexity index is 192. The van der Waals surface area contributed by atoms with Crippen molar-refractivity contribution in [3.63, 3.8) is 0 Å². The van der Waals surface area contributed by atoms with Crippen LogP contribution in [0.2, 0.25) is 0 Å². The number of hydrogen-bond acceptors (Lipinski definition) is 2. The highest BCUT2D eigenvalue weighted by molar-refractivity contribution is 7.80. The highest BCUT2D eigenvalue weighted by atomic mass is 32.1. The molecule has 0 aliphatic heterocycles. The maximum atomic E-state index is 12.1. The molecular weight excluding hydrogens is 213 g/mol. The number of nitrogens with zero attached hydrogens (tertiary/aromatic N) is 1. The predicted octanol–water partition coefficient (Wildman–Crippen LogP) is 1.94. The second-order valence-electron chi connectivity index (χ2n) is 3.40. The van der Waals surface area contributed by atoms with Gasteiger partial charge < -0.3 is 5.73 Å². The Hall–Kier alpha value is -0.360. The van der Waals surface area contributed by atoms with Crippen LogP contribution in [0.25, 0.3) is 0 Å². The van der Waals surface area contributed by atoms with Crippen molar-refractivity contribution in [2.75, 3.05) is 13.1 Å². The lowest BCUT2D eigenvalue weighted by molar-refractivity contribution is -0.149. The monoisotopic (exact) mass is 228 g/mol. The maximum Gasteiger partial charge on any atom is 0.401 e. The molecule has 2 nitrogen and oxygen atoms in total. The molecular formula is C8H15F3N2S. The normalized spacial score (nSPS) is 12.5. The quantitative estimate of drug-likeness (QED) is 0.729. The molecule has 2 N–H and O–H groups in total. The number of hydrogen-bond donors (Lipinski definition) is 1. The van der Waals surface area contributed by atoms with Crippen LogP contribution in [0.5, 0.6) is 0 Å². The van der Waals surface area contributed by atoms with Crippen molar-refractivity contribution >= 4 is 17.2 Å². The van der Waals surface area contributed by atoms with E-state index < -0.39 is 12.7 Å². The fourth-order valence-corrected chi connectivity index (χ4v) is 1.10. The van der Waals surface area contributed by atoms with Gasteiger partial charge in [-0.25, -0.2) is 0 Å². The number of rotatable bonds is 5. The Morgan fingerprint density at radius 3 is 2.21 bits per heavy atom. The van der Waals surface area contributed by atoms with Crippen molar-refractivity contribution in [1.29, 1.82) is 0 Å². The van der Waals surface area contributed by atoms with Crippen LogP contribution in [0, 0.1) is 0 Å². The van der Waals surface area contributed by atoms with E-state index in [9.17, 15) is 13.2 Å². The van der Waals surface area contributed by atoms with Gasteiger partial charge in [0.2, 0.25) is 0 Å². The summed E-state index contributed by atoms with van der Waals surface area (Å²) in [7, 11) is 0. The Kier molecular flexibility index (Phi) is 5.36. The minimum Gasteiger partial charge on any atom is -0.393 e. The summed E-state index contributed by atoms with van der Waals surface area (Å²) >= 11 is 4.61. The lowest BCUT2D eigenvalue weighted by Gasteiger charge is -2.27. The van der Waals surface area contributed by atoms with Crippen molar-refractivity contribution in [3.8, 4) is 0 Å². The Morgan fingerprint density at radius 2 is 1.93 bits per heavy atom. The average molecular weight is 228 g/mol. The van der Waals surface area contributed by atoms with E-state index in [-0.39, 0.29) is 17.6 Å². The van der Waals surface area contributed by atoms with Crippen molar-refractivity contribution < 1.29 is 13.2 Å². The van der Waals surface area contributed by atoms with Crippen LogP contribution in [0.15, 0.2) is 0 Å². The van der Waals surface area contributed by atoms with Gasteiger partial charge in [-0.2, -0.15) is 13.2 Å². The Labute approximate surface area is 87.2 Å². The van der Waals surface area contributed by atoms with Gasteiger partial charge in [0.1, 0.15) is 0 Å². The van der Waals surface area contributed by atoms with E-state index in [1.54, 1.807) is 13.8 Å². The van der Waals surface area contributed by atoms with Crippen LogP contribution in [-0.4, -0.2) is 35.2 Å². The molecule has 0 aromatic rings. The van der Waals surface area contributed by atoms with Gasteiger partial charge in [0.15, 0.2) is 0 Å². The Balaban J connectivity index is 4.10. The van der Waals surface area contributed by atoms with E-state index in [1.165, 1.54) is 4.90 Å². The van der Waals surface area contributed by atoms with Crippen LogP contribution in [0.1, 0.15) is 20.3 Å². The predicted molar refractivity (Wildman–Crippen MR) is 54.2 cm³/mol. The molecule has 0 aliphatic rings. The van der Waals surface area contributed by atoms with Gasteiger partial charge in [0.05, 0.1) is 11.5 Å². The van der Waals surface area contributed by atoms with Crippen molar-refractivity contribution in [3.05, 3.63) is 0 Å². The number of alkyl halides is 3. The molecule has 0 aromatic carbocycles. The summed E-state index contributed by atoms with van der Waals surface area (Å²) in [5.41, 5.74) is 5.23. The van der Waals surface area contributed by atoms with Crippen LogP contribution in [-0.2, 0) is 0 Å².